The second kappa shape index (κ2) is 10.2. The summed E-state index contributed by atoms with van der Waals surface area (Å²) in [5.41, 5.74) is 4.75. The van der Waals surface area contributed by atoms with E-state index in [0.717, 1.165) is 0 Å². The number of rotatable bonds is 8. The third-order valence-corrected chi connectivity index (χ3v) is 6.05. The fraction of sp³-hybridized carbons (Fsp3) is 0.217. The number of carbonyl (C=O) groups excluding carboxylic acids is 2. The van der Waals surface area contributed by atoms with Crippen molar-refractivity contribution in [1.29, 1.82) is 0 Å². The van der Waals surface area contributed by atoms with E-state index in [1.165, 1.54) is 43.5 Å². The van der Waals surface area contributed by atoms with Gasteiger partial charge in [-0.25, -0.2) is 8.42 Å². The van der Waals surface area contributed by atoms with Crippen molar-refractivity contribution in [3.8, 4) is 11.5 Å². The number of nitrogens with one attached hydrogen (secondary N) is 2. The molecule has 0 radical (unpaired) electrons. The summed E-state index contributed by atoms with van der Waals surface area (Å²) in [6, 6.07) is 15.3. The molecule has 0 bridgehead atoms. The van der Waals surface area contributed by atoms with Gasteiger partial charge in [-0.2, -0.15) is 0 Å². The molecular formula is C23H24N2O7S. The lowest BCUT2D eigenvalue weighted by Gasteiger charge is -2.14. The fourth-order valence-corrected chi connectivity index (χ4v) is 4.15. The van der Waals surface area contributed by atoms with Gasteiger partial charge in [0.05, 0.1) is 18.1 Å². The largest absolute Gasteiger partial charge is 0.493 e. The molecule has 174 valence electrons. The Hall–Kier alpha value is -3.79. The van der Waals surface area contributed by atoms with E-state index < -0.39 is 27.4 Å². The number of hydrogen-bond acceptors (Lipinski definition) is 7. The number of hydrogen-bond donors (Lipinski definition) is 2. The fourth-order valence-electron chi connectivity index (χ4n) is 2.88. The molecule has 2 N–H and O–H groups in total. The highest BCUT2D eigenvalue weighted by atomic mass is 32.2. The average Bonchev–Trinajstić information content (AvgIpc) is 3.25. The first-order valence-electron chi connectivity index (χ1n) is 10.0. The Morgan fingerprint density at radius 2 is 1.64 bits per heavy atom. The van der Waals surface area contributed by atoms with Crippen LogP contribution in [0, 0.1) is 0 Å². The smallest absolute Gasteiger partial charge is 0.305 e. The predicted molar refractivity (Wildman–Crippen MR) is 120 cm³/mol. The number of hydrazine groups is 1. The molecule has 1 heterocycles. The lowest BCUT2D eigenvalue weighted by atomic mass is 10.2. The summed E-state index contributed by atoms with van der Waals surface area (Å²) in [4.78, 5) is 24.9. The molecule has 0 aliphatic heterocycles. The third kappa shape index (κ3) is 6.13. The molecule has 2 amide bonds. The van der Waals surface area contributed by atoms with Gasteiger partial charge in [-0.1, -0.05) is 18.2 Å². The number of benzene rings is 2. The van der Waals surface area contributed by atoms with Gasteiger partial charge in [0, 0.05) is 5.56 Å². The van der Waals surface area contributed by atoms with Gasteiger partial charge in [-0.3, -0.25) is 20.4 Å². The summed E-state index contributed by atoms with van der Waals surface area (Å²) < 4.78 is 41.1. The molecule has 0 unspecified atom stereocenters. The van der Waals surface area contributed by atoms with Crippen molar-refractivity contribution in [2.75, 3.05) is 7.11 Å². The highest BCUT2D eigenvalue weighted by molar-refractivity contribution is 7.90. The van der Waals surface area contributed by atoms with Crippen LogP contribution in [0.3, 0.4) is 0 Å². The summed E-state index contributed by atoms with van der Waals surface area (Å²) in [5.74, 6) is -0.914. The molecule has 2 aromatic carbocycles. The molecule has 33 heavy (non-hydrogen) atoms. The first kappa shape index (κ1) is 23.9. The van der Waals surface area contributed by atoms with Crippen LogP contribution in [-0.4, -0.2) is 33.4 Å². The lowest BCUT2D eigenvalue weighted by Crippen LogP contribution is -2.41. The molecule has 3 aromatic rings. The van der Waals surface area contributed by atoms with Crippen LogP contribution in [0.5, 0.6) is 11.5 Å². The van der Waals surface area contributed by atoms with E-state index in [4.69, 9.17) is 13.9 Å². The number of ether oxygens (including phenoxy) is 2. The van der Waals surface area contributed by atoms with Crippen LogP contribution in [0.1, 0.15) is 40.5 Å². The monoisotopic (exact) mass is 472 g/mol. The van der Waals surface area contributed by atoms with Gasteiger partial charge >= 0.3 is 5.91 Å². The normalized spacial score (nSPS) is 11.2. The summed E-state index contributed by atoms with van der Waals surface area (Å²) in [7, 11) is -2.17. The standard InChI is InChI=1S/C23H24N2O7S/c1-15(2)31-19-11-9-16(13-21(19)30-3)22(26)24-25-23(27)20-12-10-17(32-20)14-33(28,29)18-7-5-4-6-8-18/h4-13,15H,14H2,1-3H3,(H,24,26)(H,25,27). The van der Waals surface area contributed by atoms with Crippen LogP contribution in [0.25, 0.3) is 0 Å². The zero-order chi connectivity index (χ0) is 24.0. The van der Waals surface area contributed by atoms with Gasteiger partial charge in [0.25, 0.3) is 5.91 Å². The quantitative estimate of drug-likeness (QED) is 0.483. The van der Waals surface area contributed by atoms with E-state index in [1.54, 1.807) is 24.3 Å². The Balaban J connectivity index is 1.61. The molecule has 3 rings (SSSR count). The van der Waals surface area contributed by atoms with Crippen molar-refractivity contribution >= 4 is 21.7 Å². The van der Waals surface area contributed by atoms with E-state index in [2.05, 4.69) is 10.9 Å². The molecule has 0 saturated carbocycles. The Morgan fingerprint density at radius 3 is 2.30 bits per heavy atom. The van der Waals surface area contributed by atoms with Gasteiger partial charge in [0.2, 0.25) is 0 Å². The summed E-state index contributed by atoms with van der Waals surface area (Å²) in [6.45, 7) is 3.74. The van der Waals surface area contributed by atoms with E-state index in [-0.39, 0.29) is 28.1 Å². The molecule has 0 atom stereocenters. The summed E-state index contributed by atoms with van der Waals surface area (Å²) in [5, 5.41) is 0. The molecule has 0 aliphatic rings. The number of amides is 2. The third-order valence-electron chi connectivity index (χ3n) is 4.40. The molecule has 0 aliphatic carbocycles. The van der Waals surface area contributed by atoms with Gasteiger partial charge < -0.3 is 13.9 Å². The molecule has 0 fully saturated rings. The van der Waals surface area contributed by atoms with Crippen LogP contribution in [0.15, 0.2) is 70.0 Å². The van der Waals surface area contributed by atoms with Crippen molar-refractivity contribution < 1.29 is 31.9 Å². The van der Waals surface area contributed by atoms with Gasteiger partial charge in [0.15, 0.2) is 27.1 Å². The van der Waals surface area contributed by atoms with Crippen LogP contribution < -0.4 is 20.3 Å². The van der Waals surface area contributed by atoms with Crippen LogP contribution in [0.4, 0.5) is 0 Å². The van der Waals surface area contributed by atoms with E-state index in [9.17, 15) is 18.0 Å². The zero-order valence-corrected chi connectivity index (χ0v) is 19.1. The van der Waals surface area contributed by atoms with Crippen LogP contribution in [-0.2, 0) is 15.6 Å². The number of carbonyl (C=O) groups is 2. The Labute approximate surface area is 191 Å². The van der Waals surface area contributed by atoms with Crippen molar-refractivity contribution in [3.05, 3.63) is 77.7 Å². The number of methoxy groups -OCH3 is 1. The molecule has 0 saturated heterocycles. The van der Waals surface area contributed by atoms with Crippen LogP contribution >= 0.6 is 0 Å². The van der Waals surface area contributed by atoms with Gasteiger partial charge in [-0.15, -0.1) is 0 Å². The summed E-state index contributed by atoms with van der Waals surface area (Å²) in [6.07, 6.45) is -0.0706. The van der Waals surface area contributed by atoms with Crippen molar-refractivity contribution in [3.63, 3.8) is 0 Å². The van der Waals surface area contributed by atoms with E-state index >= 15 is 0 Å². The highest BCUT2D eigenvalue weighted by Crippen LogP contribution is 2.29. The maximum atomic E-state index is 12.5. The second-order valence-electron chi connectivity index (χ2n) is 7.28. The minimum absolute atomic E-state index is 0.0706. The zero-order valence-electron chi connectivity index (χ0n) is 18.3. The lowest BCUT2D eigenvalue weighted by molar-refractivity contribution is 0.0830. The minimum atomic E-state index is -3.62. The Bertz CT molecular complexity index is 1230. The minimum Gasteiger partial charge on any atom is -0.493 e. The van der Waals surface area contributed by atoms with Crippen molar-refractivity contribution in [2.45, 2.75) is 30.6 Å². The topological polar surface area (TPSA) is 124 Å². The Kier molecular flexibility index (Phi) is 7.39. The predicted octanol–water partition coefficient (Wildman–Crippen LogP) is 3.12. The molecule has 10 heteroatoms. The van der Waals surface area contributed by atoms with Crippen LogP contribution in [0.2, 0.25) is 0 Å². The average molecular weight is 473 g/mol. The summed E-state index contributed by atoms with van der Waals surface area (Å²) >= 11 is 0. The number of furan rings is 1. The van der Waals surface area contributed by atoms with Gasteiger partial charge in [-0.05, 0) is 56.3 Å². The van der Waals surface area contributed by atoms with Gasteiger partial charge in [0.1, 0.15) is 11.5 Å². The van der Waals surface area contributed by atoms with E-state index in [1.807, 2.05) is 13.8 Å². The SMILES string of the molecule is COc1cc(C(=O)NNC(=O)c2ccc(CS(=O)(=O)c3ccccc3)o2)ccc1OC(C)C. The molecule has 0 spiro atoms. The maximum Gasteiger partial charge on any atom is 0.305 e. The first-order valence-corrected chi connectivity index (χ1v) is 11.7. The second-order valence-corrected chi connectivity index (χ2v) is 9.27. The van der Waals surface area contributed by atoms with Crippen molar-refractivity contribution in [1.82, 2.24) is 10.9 Å². The first-order chi connectivity index (χ1) is 15.7. The van der Waals surface area contributed by atoms with E-state index in [0.29, 0.717) is 11.5 Å². The molecular weight excluding hydrogens is 448 g/mol. The molecule has 1 aromatic heterocycles. The molecule has 9 nitrogen and oxygen atoms in total. The van der Waals surface area contributed by atoms with Crippen molar-refractivity contribution in [2.24, 2.45) is 0 Å². The Morgan fingerprint density at radius 1 is 0.939 bits per heavy atom. The maximum absolute atomic E-state index is 12.5. The highest BCUT2D eigenvalue weighted by Gasteiger charge is 2.20. The number of sulfone groups is 1.